The summed E-state index contributed by atoms with van der Waals surface area (Å²) in [4.78, 5) is 41.9. The van der Waals surface area contributed by atoms with Crippen LogP contribution in [0.25, 0.3) is 11.2 Å². The molecule has 1 amide bonds. The number of rotatable bonds is 6. The number of nitrogens with one attached hydrogen (secondary N) is 1. The monoisotopic (exact) mass is 397 g/mol. The van der Waals surface area contributed by atoms with Gasteiger partial charge in [-0.3, -0.25) is 14.2 Å². The van der Waals surface area contributed by atoms with E-state index in [9.17, 15) is 14.4 Å². The molecule has 2 aromatic heterocycles. The molecule has 0 aliphatic heterocycles. The van der Waals surface area contributed by atoms with Crippen LogP contribution in [0, 0.1) is 5.92 Å². The lowest BCUT2D eigenvalue weighted by atomic mass is 10.00. The van der Waals surface area contributed by atoms with E-state index in [2.05, 4.69) is 36.3 Å². The number of fused-ring (bicyclic) bond motifs is 1. The summed E-state index contributed by atoms with van der Waals surface area (Å²) >= 11 is 0. The summed E-state index contributed by atoms with van der Waals surface area (Å²) in [6.45, 7) is 5.88. The van der Waals surface area contributed by atoms with Crippen LogP contribution in [-0.2, 0) is 31.9 Å². The molecular weight excluding hydrogens is 370 g/mol. The molecule has 3 rings (SSSR count). The van der Waals surface area contributed by atoms with Crippen molar-refractivity contribution in [3.8, 4) is 0 Å². The fraction of sp³-hybridized carbons (Fsp3) is 0.429. The number of imidazole rings is 1. The van der Waals surface area contributed by atoms with Crippen LogP contribution in [0.15, 0.2) is 40.2 Å². The topological polar surface area (TPSA) is 90.9 Å². The molecule has 154 valence electrons. The van der Waals surface area contributed by atoms with Gasteiger partial charge < -0.3 is 9.88 Å². The van der Waals surface area contributed by atoms with E-state index >= 15 is 0 Å². The van der Waals surface area contributed by atoms with E-state index < -0.39 is 17.2 Å². The number of amides is 1. The highest BCUT2D eigenvalue weighted by Crippen LogP contribution is 2.15. The van der Waals surface area contributed by atoms with E-state index in [1.165, 1.54) is 23.5 Å². The van der Waals surface area contributed by atoms with Gasteiger partial charge >= 0.3 is 5.69 Å². The van der Waals surface area contributed by atoms with Crippen LogP contribution >= 0.6 is 0 Å². The lowest BCUT2D eigenvalue weighted by Gasteiger charge is -2.16. The van der Waals surface area contributed by atoms with Gasteiger partial charge in [0.05, 0.1) is 12.4 Å². The van der Waals surface area contributed by atoms with Gasteiger partial charge in [-0.2, -0.15) is 0 Å². The minimum atomic E-state index is -0.568. The van der Waals surface area contributed by atoms with Crippen LogP contribution < -0.4 is 16.6 Å². The number of aromatic nitrogens is 4. The first kappa shape index (κ1) is 20.6. The molecule has 1 N–H and O–H groups in total. The third-order valence-electron chi connectivity index (χ3n) is 5.00. The third kappa shape index (κ3) is 4.16. The maximum atomic E-state index is 12.7. The molecule has 3 aromatic rings. The van der Waals surface area contributed by atoms with Gasteiger partial charge in [0.1, 0.15) is 6.54 Å². The molecule has 0 unspecified atom stereocenters. The van der Waals surface area contributed by atoms with Gasteiger partial charge in [0, 0.05) is 14.1 Å². The summed E-state index contributed by atoms with van der Waals surface area (Å²) < 4.78 is 3.77. The first-order valence-corrected chi connectivity index (χ1v) is 9.68. The summed E-state index contributed by atoms with van der Waals surface area (Å²) in [5, 5.41) is 2.87. The van der Waals surface area contributed by atoms with E-state index in [1.807, 2.05) is 19.1 Å². The second-order valence-corrected chi connectivity index (χ2v) is 7.89. The zero-order chi connectivity index (χ0) is 21.3. The number of carbonyl (C=O) groups is 1. The number of aryl methyl sites for hydroxylation is 2. The average molecular weight is 397 g/mol. The molecule has 8 heteroatoms. The van der Waals surface area contributed by atoms with E-state index in [4.69, 9.17) is 0 Å². The fourth-order valence-corrected chi connectivity index (χ4v) is 3.46. The van der Waals surface area contributed by atoms with Crippen molar-refractivity contribution < 1.29 is 4.79 Å². The Labute approximate surface area is 168 Å². The maximum Gasteiger partial charge on any atom is 0.332 e. The molecule has 1 atom stereocenters. The normalized spacial score (nSPS) is 12.5. The second kappa shape index (κ2) is 8.06. The molecule has 8 nitrogen and oxygen atoms in total. The molecule has 0 fully saturated rings. The smallest absolute Gasteiger partial charge is 0.332 e. The Hall–Kier alpha value is -3.16. The second-order valence-electron chi connectivity index (χ2n) is 7.89. The van der Waals surface area contributed by atoms with Crippen LogP contribution in [0.1, 0.15) is 37.9 Å². The Kier molecular flexibility index (Phi) is 5.72. The zero-order valence-electron chi connectivity index (χ0n) is 17.5. The highest BCUT2D eigenvalue weighted by Gasteiger charge is 2.18. The largest absolute Gasteiger partial charge is 0.348 e. The van der Waals surface area contributed by atoms with Crippen LogP contribution in [0.4, 0.5) is 0 Å². The van der Waals surface area contributed by atoms with E-state index in [-0.39, 0.29) is 18.1 Å². The van der Waals surface area contributed by atoms with Gasteiger partial charge in [-0.05, 0) is 30.4 Å². The SMILES string of the molecule is CC(C)Cc1ccc([C@@H](C)NC(=O)Cn2c(=O)c3c(ncn3C)n(C)c2=O)cc1. The Bertz CT molecular complexity index is 1150. The van der Waals surface area contributed by atoms with E-state index in [1.54, 1.807) is 11.6 Å². The summed E-state index contributed by atoms with van der Waals surface area (Å²) in [7, 11) is 3.21. The van der Waals surface area contributed by atoms with Gasteiger partial charge in [0.25, 0.3) is 5.56 Å². The Morgan fingerprint density at radius 2 is 1.76 bits per heavy atom. The van der Waals surface area contributed by atoms with Crippen molar-refractivity contribution in [1.29, 1.82) is 0 Å². The molecule has 0 bridgehead atoms. The van der Waals surface area contributed by atoms with Crippen molar-refractivity contribution in [2.24, 2.45) is 20.0 Å². The first-order valence-electron chi connectivity index (χ1n) is 9.68. The molecule has 2 heterocycles. The Morgan fingerprint density at radius 3 is 2.38 bits per heavy atom. The molecule has 29 heavy (non-hydrogen) atoms. The molecule has 0 saturated heterocycles. The summed E-state index contributed by atoms with van der Waals surface area (Å²) in [5.74, 6) is 0.181. The standard InChI is InChI=1S/C21H27N5O3/c1-13(2)10-15-6-8-16(9-7-15)14(3)23-17(27)11-26-20(28)18-19(22-12-24(18)4)25(5)21(26)29/h6-9,12-14H,10-11H2,1-5H3,(H,23,27)/t14-/m1/s1. The number of nitrogens with zero attached hydrogens (tertiary/aromatic N) is 4. The van der Waals surface area contributed by atoms with Crippen molar-refractivity contribution in [3.05, 3.63) is 62.6 Å². The lowest BCUT2D eigenvalue weighted by molar-refractivity contribution is -0.122. The highest BCUT2D eigenvalue weighted by molar-refractivity contribution is 5.77. The minimum Gasteiger partial charge on any atom is -0.348 e. The van der Waals surface area contributed by atoms with Crippen LogP contribution in [0.2, 0.25) is 0 Å². The van der Waals surface area contributed by atoms with Gasteiger partial charge in [-0.1, -0.05) is 38.1 Å². The molecule has 0 spiro atoms. The van der Waals surface area contributed by atoms with Crippen molar-refractivity contribution >= 4 is 17.1 Å². The molecule has 0 aliphatic rings. The lowest BCUT2D eigenvalue weighted by Crippen LogP contribution is -2.43. The molecular formula is C21H27N5O3. The maximum absolute atomic E-state index is 12.7. The number of carbonyl (C=O) groups excluding carboxylic acids is 1. The summed E-state index contributed by atoms with van der Waals surface area (Å²) in [6, 6.07) is 7.88. The molecule has 0 radical (unpaired) electrons. The van der Waals surface area contributed by atoms with Crippen LogP contribution in [0.3, 0.4) is 0 Å². The van der Waals surface area contributed by atoms with Crippen molar-refractivity contribution in [3.63, 3.8) is 0 Å². The van der Waals surface area contributed by atoms with Crippen molar-refractivity contribution in [1.82, 2.24) is 24.0 Å². The predicted octanol–water partition coefficient (Wildman–Crippen LogP) is 1.51. The summed E-state index contributed by atoms with van der Waals surface area (Å²) in [5.41, 5.74) is 1.71. The van der Waals surface area contributed by atoms with Crippen molar-refractivity contribution in [2.75, 3.05) is 0 Å². The van der Waals surface area contributed by atoms with Crippen LogP contribution in [0.5, 0.6) is 0 Å². The van der Waals surface area contributed by atoms with E-state index in [0.29, 0.717) is 11.6 Å². The molecule has 0 saturated carbocycles. The fourth-order valence-electron chi connectivity index (χ4n) is 3.46. The average Bonchev–Trinajstić information content (AvgIpc) is 3.05. The number of hydrogen-bond acceptors (Lipinski definition) is 4. The molecule has 1 aromatic carbocycles. The Morgan fingerprint density at radius 1 is 1.10 bits per heavy atom. The molecule has 0 aliphatic carbocycles. The Balaban J connectivity index is 1.78. The first-order chi connectivity index (χ1) is 13.7. The van der Waals surface area contributed by atoms with Crippen molar-refractivity contribution in [2.45, 2.75) is 39.8 Å². The van der Waals surface area contributed by atoms with Gasteiger partial charge in [-0.15, -0.1) is 0 Å². The summed E-state index contributed by atoms with van der Waals surface area (Å²) in [6.07, 6.45) is 2.48. The zero-order valence-corrected chi connectivity index (χ0v) is 17.5. The highest BCUT2D eigenvalue weighted by atomic mass is 16.2. The van der Waals surface area contributed by atoms with Gasteiger partial charge in [-0.25, -0.2) is 14.3 Å². The number of hydrogen-bond donors (Lipinski definition) is 1. The predicted molar refractivity (Wildman–Crippen MR) is 112 cm³/mol. The number of benzene rings is 1. The quantitative estimate of drug-likeness (QED) is 0.683. The van der Waals surface area contributed by atoms with E-state index in [0.717, 1.165) is 16.6 Å². The van der Waals surface area contributed by atoms with Crippen LogP contribution in [-0.4, -0.2) is 24.6 Å². The third-order valence-corrected chi connectivity index (χ3v) is 5.00. The minimum absolute atomic E-state index is 0.240. The van der Waals surface area contributed by atoms with Gasteiger partial charge in [0.15, 0.2) is 11.2 Å². The van der Waals surface area contributed by atoms with Gasteiger partial charge in [0.2, 0.25) is 5.91 Å².